The molecule has 2 heterocycles. The van der Waals surface area contributed by atoms with E-state index in [0.717, 1.165) is 23.8 Å². The van der Waals surface area contributed by atoms with Crippen LogP contribution in [-0.4, -0.2) is 22.2 Å². The number of carbonyl (C=O) groups excluding carboxylic acids is 1. The second kappa shape index (κ2) is 6.96. The van der Waals surface area contributed by atoms with Crippen LogP contribution in [0.2, 0.25) is 0 Å². The summed E-state index contributed by atoms with van der Waals surface area (Å²) in [5.41, 5.74) is -0.168. The highest BCUT2D eigenvalue weighted by Crippen LogP contribution is 2.42. The summed E-state index contributed by atoms with van der Waals surface area (Å²) in [6.45, 7) is 0.802. The number of nitrogens with one attached hydrogen (secondary N) is 1. The highest BCUT2D eigenvalue weighted by atomic mass is 32.1. The lowest BCUT2D eigenvalue weighted by Crippen LogP contribution is -2.26. The number of carbonyl (C=O) groups is 1. The van der Waals surface area contributed by atoms with Crippen LogP contribution in [0.15, 0.2) is 23.6 Å². The zero-order valence-corrected chi connectivity index (χ0v) is 13.8. The number of halogens is 3. The molecule has 1 fully saturated rings. The molecule has 1 amide bonds. The van der Waals surface area contributed by atoms with Crippen LogP contribution < -0.4 is 5.32 Å². The Morgan fingerprint density at radius 2 is 2.21 bits per heavy atom. The van der Waals surface area contributed by atoms with Crippen molar-refractivity contribution < 1.29 is 18.0 Å². The Morgan fingerprint density at radius 3 is 2.83 bits per heavy atom. The van der Waals surface area contributed by atoms with Crippen LogP contribution in [0.5, 0.6) is 0 Å². The first-order chi connectivity index (χ1) is 11.4. The fourth-order valence-electron chi connectivity index (χ4n) is 2.55. The number of hydrogen-bond donors (Lipinski definition) is 1. The Kier molecular flexibility index (Phi) is 4.93. The van der Waals surface area contributed by atoms with E-state index in [0.29, 0.717) is 31.6 Å². The maximum atomic E-state index is 12.8. The average molecular weight is 357 g/mol. The Hall–Kier alpha value is -1.83. The van der Waals surface area contributed by atoms with E-state index in [1.54, 1.807) is 0 Å². The third kappa shape index (κ3) is 4.37. The molecule has 1 saturated carbocycles. The highest BCUT2D eigenvalue weighted by molar-refractivity contribution is 7.10. The van der Waals surface area contributed by atoms with Crippen LogP contribution in [0.4, 0.5) is 13.2 Å². The van der Waals surface area contributed by atoms with E-state index in [-0.39, 0.29) is 11.8 Å². The van der Waals surface area contributed by atoms with Crippen molar-refractivity contribution in [1.29, 1.82) is 0 Å². The molecular weight excluding hydrogens is 339 g/mol. The largest absolute Gasteiger partial charge is 0.435 e. The zero-order valence-electron chi connectivity index (χ0n) is 13.0. The van der Waals surface area contributed by atoms with E-state index in [1.165, 1.54) is 16.0 Å². The fourth-order valence-corrected chi connectivity index (χ4v) is 3.25. The maximum absolute atomic E-state index is 12.8. The minimum absolute atomic E-state index is 0.0729. The number of aromatic nitrogens is 2. The SMILES string of the molecule is O=C(Cc1cccs1)NCCCn1nc(C(F)(F)F)cc1C1CC1. The van der Waals surface area contributed by atoms with Crippen LogP contribution in [-0.2, 0) is 23.9 Å². The molecule has 4 nitrogen and oxygen atoms in total. The first-order valence-electron chi connectivity index (χ1n) is 7.87. The predicted molar refractivity (Wildman–Crippen MR) is 84.9 cm³/mol. The summed E-state index contributed by atoms with van der Waals surface area (Å²) < 4.78 is 39.9. The van der Waals surface area contributed by atoms with Crippen molar-refractivity contribution in [3.05, 3.63) is 39.8 Å². The van der Waals surface area contributed by atoms with Gasteiger partial charge in [-0.3, -0.25) is 9.48 Å². The maximum Gasteiger partial charge on any atom is 0.435 e. The van der Waals surface area contributed by atoms with Gasteiger partial charge in [0.05, 0.1) is 6.42 Å². The van der Waals surface area contributed by atoms with Gasteiger partial charge in [0.25, 0.3) is 0 Å². The zero-order chi connectivity index (χ0) is 17.2. The summed E-state index contributed by atoms with van der Waals surface area (Å²) in [6.07, 6.45) is -1.69. The molecule has 1 aliphatic rings. The Labute approximate surface area is 141 Å². The molecule has 0 radical (unpaired) electrons. The lowest BCUT2D eigenvalue weighted by molar-refractivity contribution is -0.141. The lowest BCUT2D eigenvalue weighted by atomic mass is 10.2. The number of aryl methyl sites for hydroxylation is 1. The summed E-state index contributed by atoms with van der Waals surface area (Å²) in [5.74, 6) is 0.123. The Balaban J connectivity index is 1.49. The Bertz CT molecular complexity index is 690. The summed E-state index contributed by atoms with van der Waals surface area (Å²) in [7, 11) is 0. The van der Waals surface area contributed by atoms with E-state index < -0.39 is 11.9 Å². The molecule has 0 atom stereocenters. The van der Waals surface area contributed by atoms with Gasteiger partial charge in [0, 0.05) is 29.6 Å². The smallest absolute Gasteiger partial charge is 0.356 e. The quantitative estimate of drug-likeness (QED) is 0.770. The van der Waals surface area contributed by atoms with Crippen molar-refractivity contribution in [3.63, 3.8) is 0 Å². The molecule has 0 spiro atoms. The molecule has 1 N–H and O–H groups in total. The molecule has 8 heteroatoms. The lowest BCUT2D eigenvalue weighted by Gasteiger charge is -2.08. The minimum Gasteiger partial charge on any atom is -0.356 e. The first kappa shape index (κ1) is 17.0. The predicted octanol–water partition coefficient (Wildman–Crippen LogP) is 3.59. The van der Waals surface area contributed by atoms with Crippen LogP contribution in [0.3, 0.4) is 0 Å². The van der Waals surface area contributed by atoms with Crippen molar-refractivity contribution in [2.45, 2.75) is 44.3 Å². The first-order valence-corrected chi connectivity index (χ1v) is 8.75. The highest BCUT2D eigenvalue weighted by Gasteiger charge is 2.37. The molecule has 130 valence electrons. The van der Waals surface area contributed by atoms with E-state index in [2.05, 4.69) is 10.4 Å². The molecule has 24 heavy (non-hydrogen) atoms. The second-order valence-corrected chi connectivity index (χ2v) is 6.94. The van der Waals surface area contributed by atoms with Crippen LogP contribution >= 0.6 is 11.3 Å². The van der Waals surface area contributed by atoms with Gasteiger partial charge >= 0.3 is 6.18 Å². The fraction of sp³-hybridized carbons (Fsp3) is 0.500. The van der Waals surface area contributed by atoms with Crippen molar-refractivity contribution in [1.82, 2.24) is 15.1 Å². The molecular formula is C16H18F3N3OS. The number of rotatable bonds is 7. The molecule has 2 aromatic heterocycles. The number of amides is 1. The van der Waals surface area contributed by atoms with Gasteiger partial charge in [-0.05, 0) is 36.8 Å². The summed E-state index contributed by atoms with van der Waals surface area (Å²) >= 11 is 1.52. The topological polar surface area (TPSA) is 46.9 Å². The number of alkyl halides is 3. The molecule has 0 saturated heterocycles. The van der Waals surface area contributed by atoms with Gasteiger partial charge in [0.1, 0.15) is 0 Å². The van der Waals surface area contributed by atoms with Gasteiger partial charge in [0.2, 0.25) is 5.91 Å². The van der Waals surface area contributed by atoms with Gasteiger partial charge in [0.15, 0.2) is 5.69 Å². The number of hydrogen-bond acceptors (Lipinski definition) is 3. The van der Waals surface area contributed by atoms with Gasteiger partial charge in [-0.2, -0.15) is 18.3 Å². The Morgan fingerprint density at radius 1 is 1.42 bits per heavy atom. The normalized spacial score (nSPS) is 14.8. The van der Waals surface area contributed by atoms with E-state index in [9.17, 15) is 18.0 Å². The number of nitrogens with zero attached hydrogens (tertiary/aromatic N) is 2. The second-order valence-electron chi connectivity index (χ2n) is 5.91. The standard InChI is InChI=1S/C16H18F3N3OS/c17-16(18,19)14-10-13(11-4-5-11)22(21-14)7-2-6-20-15(23)9-12-3-1-8-24-12/h1,3,8,10-11H,2,4-7,9H2,(H,20,23). The third-order valence-electron chi connectivity index (χ3n) is 3.88. The van der Waals surface area contributed by atoms with Gasteiger partial charge < -0.3 is 5.32 Å². The van der Waals surface area contributed by atoms with Gasteiger partial charge in [-0.25, -0.2) is 0 Å². The minimum atomic E-state index is -4.41. The average Bonchev–Trinajstić information content (AvgIpc) is 3.05. The van der Waals surface area contributed by atoms with Crippen molar-refractivity contribution in [2.75, 3.05) is 6.54 Å². The molecule has 0 aromatic carbocycles. The number of thiophene rings is 1. The molecule has 2 aromatic rings. The van der Waals surface area contributed by atoms with E-state index >= 15 is 0 Å². The van der Waals surface area contributed by atoms with Crippen LogP contribution in [0.1, 0.15) is 41.4 Å². The summed E-state index contributed by atoms with van der Waals surface area (Å²) in [4.78, 5) is 12.8. The molecule has 0 aliphatic heterocycles. The van der Waals surface area contributed by atoms with Crippen molar-refractivity contribution in [2.24, 2.45) is 0 Å². The molecule has 0 unspecified atom stereocenters. The molecule has 1 aliphatic carbocycles. The molecule has 0 bridgehead atoms. The van der Waals surface area contributed by atoms with Gasteiger partial charge in [-0.1, -0.05) is 6.07 Å². The van der Waals surface area contributed by atoms with E-state index in [4.69, 9.17) is 0 Å². The summed E-state index contributed by atoms with van der Waals surface area (Å²) in [5, 5.41) is 8.41. The van der Waals surface area contributed by atoms with Crippen LogP contribution in [0, 0.1) is 0 Å². The monoisotopic (exact) mass is 357 g/mol. The van der Waals surface area contributed by atoms with Crippen LogP contribution in [0.25, 0.3) is 0 Å². The van der Waals surface area contributed by atoms with Gasteiger partial charge in [-0.15, -0.1) is 11.3 Å². The van der Waals surface area contributed by atoms with E-state index in [1.807, 2.05) is 17.5 Å². The van der Waals surface area contributed by atoms with Crippen molar-refractivity contribution in [3.8, 4) is 0 Å². The van der Waals surface area contributed by atoms with Crippen molar-refractivity contribution >= 4 is 17.2 Å². The third-order valence-corrected chi connectivity index (χ3v) is 4.76. The molecule has 3 rings (SSSR count). The summed E-state index contributed by atoms with van der Waals surface area (Å²) in [6, 6.07) is 4.95.